The number of nitrogens with zero attached hydrogens (tertiary/aromatic N) is 2. The van der Waals surface area contributed by atoms with E-state index in [-0.39, 0.29) is 18.1 Å². The van der Waals surface area contributed by atoms with Crippen LogP contribution in [0, 0.1) is 12.7 Å². The zero-order valence-electron chi connectivity index (χ0n) is 16.0. The smallest absolute Gasteiger partial charge is 0.253 e. The standard InChI is InChI=1S/C20H22FN5O2/c1-10-18(26-20(2,3)9-27)25-17-14(23-10)5-4-12(21)16(17)15-8-11-13(24-15)6-7-22-19(11)28/h4-5,8,24,27H,6-7,9H2,1-3H3,(H,22,28)(H,25,26). The number of anilines is 1. The minimum Gasteiger partial charge on any atom is -0.394 e. The second kappa shape index (κ2) is 6.56. The van der Waals surface area contributed by atoms with Crippen molar-refractivity contribution in [2.45, 2.75) is 32.7 Å². The van der Waals surface area contributed by atoms with Gasteiger partial charge in [0.15, 0.2) is 0 Å². The highest BCUT2D eigenvalue weighted by atomic mass is 19.1. The van der Waals surface area contributed by atoms with E-state index in [0.717, 1.165) is 5.69 Å². The van der Waals surface area contributed by atoms with E-state index in [1.165, 1.54) is 6.07 Å². The van der Waals surface area contributed by atoms with Gasteiger partial charge in [-0.3, -0.25) is 4.79 Å². The monoisotopic (exact) mass is 383 g/mol. The summed E-state index contributed by atoms with van der Waals surface area (Å²) >= 11 is 0. The summed E-state index contributed by atoms with van der Waals surface area (Å²) in [4.78, 5) is 24.4. The van der Waals surface area contributed by atoms with E-state index in [4.69, 9.17) is 0 Å². The van der Waals surface area contributed by atoms with E-state index in [2.05, 4.69) is 25.6 Å². The van der Waals surface area contributed by atoms with Crippen LogP contribution in [0.5, 0.6) is 0 Å². The number of aromatic amines is 1. The summed E-state index contributed by atoms with van der Waals surface area (Å²) in [6, 6.07) is 4.61. The molecule has 2 aromatic heterocycles. The normalized spacial score (nSPS) is 14.1. The first-order valence-corrected chi connectivity index (χ1v) is 9.15. The highest BCUT2D eigenvalue weighted by Gasteiger charge is 2.24. The summed E-state index contributed by atoms with van der Waals surface area (Å²) < 4.78 is 14.9. The molecule has 1 aliphatic heterocycles. The minimum atomic E-state index is -0.607. The summed E-state index contributed by atoms with van der Waals surface area (Å²) in [5.41, 5.74) is 3.07. The number of carbonyl (C=O) groups is 1. The predicted molar refractivity (Wildman–Crippen MR) is 105 cm³/mol. The molecule has 0 saturated heterocycles. The molecule has 0 atom stereocenters. The second-order valence-corrected chi connectivity index (χ2v) is 7.70. The Morgan fingerprint density at radius 2 is 2.11 bits per heavy atom. The number of rotatable bonds is 4. The van der Waals surface area contributed by atoms with E-state index in [1.807, 2.05) is 20.8 Å². The van der Waals surface area contributed by atoms with Crippen LogP contribution >= 0.6 is 0 Å². The second-order valence-electron chi connectivity index (χ2n) is 7.70. The van der Waals surface area contributed by atoms with Crippen LogP contribution in [-0.4, -0.2) is 44.7 Å². The van der Waals surface area contributed by atoms with Gasteiger partial charge in [0, 0.05) is 18.7 Å². The zero-order valence-corrected chi connectivity index (χ0v) is 16.0. The fraction of sp³-hybridized carbons (Fsp3) is 0.350. The molecule has 3 heterocycles. The average molecular weight is 383 g/mol. The lowest BCUT2D eigenvalue weighted by Crippen LogP contribution is -2.35. The van der Waals surface area contributed by atoms with Crippen molar-refractivity contribution >= 4 is 22.8 Å². The Kier molecular flexibility index (Phi) is 4.30. The quantitative estimate of drug-likeness (QED) is 0.554. The van der Waals surface area contributed by atoms with E-state index >= 15 is 0 Å². The molecular weight excluding hydrogens is 361 g/mol. The van der Waals surface area contributed by atoms with Gasteiger partial charge in [0.05, 0.1) is 40.2 Å². The van der Waals surface area contributed by atoms with Gasteiger partial charge in [-0.2, -0.15) is 0 Å². The number of aromatic nitrogens is 3. The molecule has 146 valence electrons. The van der Waals surface area contributed by atoms with Crippen LogP contribution in [0.2, 0.25) is 0 Å². The highest BCUT2D eigenvalue weighted by Crippen LogP contribution is 2.33. The Hall–Kier alpha value is -3.00. The van der Waals surface area contributed by atoms with Crippen LogP contribution in [0.4, 0.5) is 10.2 Å². The number of carbonyl (C=O) groups excluding carboxylic acids is 1. The molecule has 1 aliphatic rings. The average Bonchev–Trinajstić information content (AvgIpc) is 3.08. The Labute approximate surface area is 161 Å². The largest absolute Gasteiger partial charge is 0.394 e. The number of amides is 1. The van der Waals surface area contributed by atoms with Gasteiger partial charge in [0.2, 0.25) is 0 Å². The number of fused-ring (bicyclic) bond motifs is 2. The number of benzene rings is 1. The van der Waals surface area contributed by atoms with Gasteiger partial charge in [-0.15, -0.1) is 0 Å². The number of H-pyrrole nitrogens is 1. The lowest BCUT2D eigenvalue weighted by Gasteiger charge is -2.25. The fourth-order valence-corrected chi connectivity index (χ4v) is 3.35. The third-order valence-electron chi connectivity index (χ3n) is 4.89. The molecule has 0 aliphatic carbocycles. The number of hydrogen-bond acceptors (Lipinski definition) is 5. The SMILES string of the molecule is Cc1nc2ccc(F)c(-c3cc4c([nH]3)CCNC4=O)c2nc1NC(C)(C)CO. The first kappa shape index (κ1) is 18.4. The lowest BCUT2D eigenvalue weighted by molar-refractivity contribution is 0.0946. The van der Waals surface area contributed by atoms with Crippen molar-refractivity contribution in [2.75, 3.05) is 18.5 Å². The third-order valence-corrected chi connectivity index (χ3v) is 4.89. The summed E-state index contributed by atoms with van der Waals surface area (Å²) in [7, 11) is 0. The Morgan fingerprint density at radius 3 is 2.82 bits per heavy atom. The van der Waals surface area contributed by atoms with Crippen molar-refractivity contribution in [2.24, 2.45) is 0 Å². The van der Waals surface area contributed by atoms with Crippen molar-refractivity contribution < 1.29 is 14.3 Å². The molecule has 0 bridgehead atoms. The molecule has 0 unspecified atom stereocenters. The maximum absolute atomic E-state index is 14.9. The summed E-state index contributed by atoms with van der Waals surface area (Å²) in [5, 5.41) is 15.5. The molecule has 1 amide bonds. The number of aliphatic hydroxyl groups is 1. The summed E-state index contributed by atoms with van der Waals surface area (Å²) in [6.07, 6.45) is 0.662. The Bertz CT molecular complexity index is 1090. The maximum Gasteiger partial charge on any atom is 0.253 e. The number of aliphatic hydroxyl groups excluding tert-OH is 1. The number of hydrogen-bond donors (Lipinski definition) is 4. The van der Waals surface area contributed by atoms with Gasteiger partial charge in [-0.05, 0) is 39.0 Å². The van der Waals surface area contributed by atoms with Crippen LogP contribution in [0.15, 0.2) is 18.2 Å². The van der Waals surface area contributed by atoms with Crippen molar-refractivity contribution in [1.82, 2.24) is 20.3 Å². The van der Waals surface area contributed by atoms with E-state index in [0.29, 0.717) is 46.8 Å². The van der Waals surface area contributed by atoms with Gasteiger partial charge < -0.3 is 20.7 Å². The third kappa shape index (κ3) is 3.09. The van der Waals surface area contributed by atoms with E-state index < -0.39 is 11.4 Å². The van der Waals surface area contributed by atoms with Gasteiger partial charge in [-0.25, -0.2) is 14.4 Å². The summed E-state index contributed by atoms with van der Waals surface area (Å²) in [6.45, 7) is 5.93. The zero-order chi connectivity index (χ0) is 20.1. The number of aryl methyl sites for hydroxylation is 1. The van der Waals surface area contributed by atoms with Gasteiger partial charge in [0.25, 0.3) is 5.91 Å². The molecule has 4 N–H and O–H groups in total. The Balaban J connectivity index is 1.91. The molecule has 4 rings (SSSR count). The fourth-order valence-electron chi connectivity index (χ4n) is 3.35. The van der Waals surface area contributed by atoms with Crippen molar-refractivity contribution in [3.63, 3.8) is 0 Å². The van der Waals surface area contributed by atoms with E-state index in [9.17, 15) is 14.3 Å². The molecular formula is C20H22FN5O2. The molecule has 0 spiro atoms. The van der Waals surface area contributed by atoms with E-state index in [1.54, 1.807) is 12.1 Å². The van der Waals surface area contributed by atoms with Crippen LogP contribution in [0.25, 0.3) is 22.3 Å². The van der Waals surface area contributed by atoms with Crippen molar-refractivity contribution in [1.29, 1.82) is 0 Å². The predicted octanol–water partition coefficient (Wildman–Crippen LogP) is 2.54. The Morgan fingerprint density at radius 1 is 1.32 bits per heavy atom. The van der Waals surface area contributed by atoms with Crippen LogP contribution in [0.1, 0.15) is 35.6 Å². The highest BCUT2D eigenvalue weighted by molar-refractivity contribution is 5.99. The molecule has 1 aromatic carbocycles. The molecule has 0 fully saturated rings. The molecule has 8 heteroatoms. The van der Waals surface area contributed by atoms with Crippen molar-refractivity contribution in [3.05, 3.63) is 41.0 Å². The van der Waals surface area contributed by atoms with Gasteiger partial charge in [0.1, 0.15) is 17.2 Å². The molecule has 0 saturated carbocycles. The lowest BCUT2D eigenvalue weighted by atomic mass is 10.1. The summed E-state index contributed by atoms with van der Waals surface area (Å²) in [5.74, 6) is -0.136. The van der Waals surface area contributed by atoms with Crippen LogP contribution in [-0.2, 0) is 6.42 Å². The molecule has 3 aromatic rings. The van der Waals surface area contributed by atoms with Crippen LogP contribution < -0.4 is 10.6 Å². The van der Waals surface area contributed by atoms with Crippen molar-refractivity contribution in [3.8, 4) is 11.3 Å². The van der Waals surface area contributed by atoms with Crippen LogP contribution in [0.3, 0.4) is 0 Å². The molecule has 0 radical (unpaired) electrons. The minimum absolute atomic E-state index is 0.0966. The maximum atomic E-state index is 14.9. The van der Waals surface area contributed by atoms with Gasteiger partial charge in [-0.1, -0.05) is 0 Å². The number of halogens is 1. The molecule has 7 nitrogen and oxygen atoms in total. The first-order valence-electron chi connectivity index (χ1n) is 9.15. The number of nitrogens with one attached hydrogen (secondary N) is 3. The molecule has 28 heavy (non-hydrogen) atoms. The van der Waals surface area contributed by atoms with Gasteiger partial charge >= 0.3 is 0 Å². The topological polar surface area (TPSA) is 103 Å². The first-order chi connectivity index (χ1) is 13.3.